The quantitative estimate of drug-likeness (QED) is 0.571. The van der Waals surface area contributed by atoms with Crippen molar-refractivity contribution < 1.29 is 0 Å². The SMILES string of the molecule is CC(C)C#N.CCCCC#N. The second kappa shape index (κ2) is 11.7. The first-order valence-corrected chi connectivity index (χ1v) is 3.95. The van der Waals surface area contributed by atoms with Crippen LogP contribution < -0.4 is 0 Å². The first-order valence-electron chi connectivity index (χ1n) is 3.95. The molecule has 0 rings (SSSR count). The minimum Gasteiger partial charge on any atom is -0.198 e. The molecule has 0 unspecified atom stereocenters. The van der Waals surface area contributed by atoms with Crippen LogP contribution in [-0.4, -0.2) is 0 Å². The molecule has 0 atom stereocenters. The summed E-state index contributed by atoms with van der Waals surface area (Å²) in [6, 6.07) is 4.10. The minimum absolute atomic E-state index is 0.190. The molecular weight excluding hydrogens is 136 g/mol. The molecule has 0 aliphatic rings. The van der Waals surface area contributed by atoms with E-state index in [1.54, 1.807) is 0 Å². The van der Waals surface area contributed by atoms with Crippen molar-refractivity contribution >= 4 is 0 Å². The van der Waals surface area contributed by atoms with E-state index in [9.17, 15) is 0 Å². The van der Waals surface area contributed by atoms with Crippen molar-refractivity contribution in [2.24, 2.45) is 5.92 Å². The smallest absolute Gasteiger partial charge is 0.0649 e. The van der Waals surface area contributed by atoms with Gasteiger partial charge in [-0.15, -0.1) is 0 Å². The molecule has 0 N–H and O–H groups in total. The first kappa shape index (κ1) is 12.6. The van der Waals surface area contributed by atoms with Crippen LogP contribution in [0.1, 0.15) is 40.0 Å². The fourth-order valence-electron chi connectivity index (χ4n) is 0.256. The second-order valence-corrected chi connectivity index (χ2v) is 2.55. The van der Waals surface area contributed by atoms with E-state index in [1.165, 1.54) is 0 Å². The molecule has 0 spiro atoms. The van der Waals surface area contributed by atoms with Gasteiger partial charge in [-0.3, -0.25) is 0 Å². The van der Waals surface area contributed by atoms with Gasteiger partial charge in [0, 0.05) is 12.3 Å². The number of unbranched alkanes of at least 4 members (excludes halogenated alkanes) is 2. The van der Waals surface area contributed by atoms with Gasteiger partial charge in [-0.05, 0) is 20.3 Å². The van der Waals surface area contributed by atoms with E-state index in [0.717, 1.165) is 19.3 Å². The Hall–Kier alpha value is -1.02. The van der Waals surface area contributed by atoms with Gasteiger partial charge in [0.25, 0.3) is 0 Å². The second-order valence-electron chi connectivity index (χ2n) is 2.55. The van der Waals surface area contributed by atoms with Gasteiger partial charge in [-0.2, -0.15) is 10.5 Å². The lowest BCUT2D eigenvalue weighted by Gasteiger charge is -1.77. The number of nitrogens with zero attached hydrogens (tertiary/aromatic N) is 2. The van der Waals surface area contributed by atoms with Crippen LogP contribution in [0.5, 0.6) is 0 Å². The van der Waals surface area contributed by atoms with E-state index < -0.39 is 0 Å². The molecule has 0 radical (unpaired) electrons. The summed E-state index contributed by atoms with van der Waals surface area (Å²) in [5.41, 5.74) is 0. The van der Waals surface area contributed by atoms with Crippen LogP contribution in [0.4, 0.5) is 0 Å². The number of nitriles is 2. The average molecular weight is 152 g/mol. The highest BCUT2D eigenvalue weighted by atomic mass is 14.2. The molecule has 0 saturated heterocycles. The molecule has 0 amide bonds. The Balaban J connectivity index is 0. The Labute approximate surface area is 69.4 Å². The van der Waals surface area contributed by atoms with Crippen molar-refractivity contribution in [3.8, 4) is 12.1 Å². The maximum Gasteiger partial charge on any atom is 0.0649 e. The molecule has 0 fully saturated rings. The molecule has 0 aromatic heterocycles. The van der Waals surface area contributed by atoms with Crippen molar-refractivity contribution in [1.82, 2.24) is 0 Å². The average Bonchev–Trinajstić information content (AvgIpc) is 2.02. The van der Waals surface area contributed by atoms with E-state index in [1.807, 2.05) is 19.9 Å². The molecule has 0 aromatic carbocycles. The highest BCUT2D eigenvalue weighted by Gasteiger charge is 1.78. The molecule has 0 saturated carbocycles. The summed E-state index contributed by atoms with van der Waals surface area (Å²) in [6.45, 7) is 5.80. The van der Waals surface area contributed by atoms with E-state index in [-0.39, 0.29) is 5.92 Å². The lowest BCUT2D eigenvalue weighted by atomic mass is 10.3. The first-order chi connectivity index (χ1) is 5.18. The zero-order chi connectivity index (χ0) is 9.11. The van der Waals surface area contributed by atoms with E-state index in [4.69, 9.17) is 10.5 Å². The molecule has 62 valence electrons. The molecular formula is C9H16N2. The zero-order valence-electron chi connectivity index (χ0n) is 7.59. The van der Waals surface area contributed by atoms with Crippen molar-refractivity contribution in [2.75, 3.05) is 0 Å². The van der Waals surface area contributed by atoms with E-state index >= 15 is 0 Å². The van der Waals surface area contributed by atoms with Crippen molar-refractivity contribution in [3.05, 3.63) is 0 Å². The Morgan fingerprint density at radius 2 is 1.73 bits per heavy atom. The van der Waals surface area contributed by atoms with Crippen LogP contribution in [0.25, 0.3) is 0 Å². The fraction of sp³-hybridized carbons (Fsp3) is 0.778. The topological polar surface area (TPSA) is 47.6 Å². The molecule has 2 nitrogen and oxygen atoms in total. The summed E-state index contributed by atoms with van der Waals surface area (Å²) < 4.78 is 0. The van der Waals surface area contributed by atoms with Crippen LogP contribution in [0, 0.1) is 28.6 Å². The maximum atomic E-state index is 7.95. The Morgan fingerprint density at radius 1 is 1.27 bits per heavy atom. The highest BCUT2D eigenvalue weighted by Crippen LogP contribution is 1.88. The lowest BCUT2D eigenvalue weighted by Crippen LogP contribution is -1.72. The van der Waals surface area contributed by atoms with Gasteiger partial charge in [0.1, 0.15) is 0 Å². The van der Waals surface area contributed by atoms with Gasteiger partial charge in [-0.1, -0.05) is 13.3 Å². The lowest BCUT2D eigenvalue weighted by molar-refractivity contribution is 0.822. The Bertz CT molecular complexity index is 137. The van der Waals surface area contributed by atoms with Crippen LogP contribution in [-0.2, 0) is 0 Å². The number of hydrogen-bond acceptors (Lipinski definition) is 2. The molecule has 0 heterocycles. The summed E-state index contributed by atoms with van der Waals surface area (Å²) >= 11 is 0. The molecule has 0 aromatic rings. The third kappa shape index (κ3) is 27.6. The van der Waals surface area contributed by atoms with Crippen molar-refractivity contribution in [2.45, 2.75) is 40.0 Å². The summed E-state index contributed by atoms with van der Waals surface area (Å²) in [5.74, 6) is 0.190. The van der Waals surface area contributed by atoms with Crippen LogP contribution >= 0.6 is 0 Å². The number of rotatable bonds is 2. The monoisotopic (exact) mass is 152 g/mol. The molecule has 0 bridgehead atoms. The van der Waals surface area contributed by atoms with Crippen molar-refractivity contribution in [3.63, 3.8) is 0 Å². The molecule has 0 aliphatic carbocycles. The summed E-state index contributed by atoms with van der Waals surface area (Å²) in [4.78, 5) is 0. The maximum absolute atomic E-state index is 7.95. The third-order valence-electron chi connectivity index (χ3n) is 0.900. The van der Waals surface area contributed by atoms with Gasteiger partial charge in [0.2, 0.25) is 0 Å². The molecule has 0 aliphatic heterocycles. The predicted octanol–water partition coefficient (Wildman–Crippen LogP) is 2.87. The fourth-order valence-corrected chi connectivity index (χ4v) is 0.256. The zero-order valence-corrected chi connectivity index (χ0v) is 7.59. The largest absolute Gasteiger partial charge is 0.198 e. The Morgan fingerprint density at radius 3 is 1.82 bits per heavy atom. The van der Waals surface area contributed by atoms with Gasteiger partial charge < -0.3 is 0 Å². The summed E-state index contributed by atoms with van der Waals surface area (Å²) in [7, 11) is 0. The number of hydrogen-bond donors (Lipinski definition) is 0. The van der Waals surface area contributed by atoms with Crippen LogP contribution in [0.3, 0.4) is 0 Å². The van der Waals surface area contributed by atoms with E-state index in [2.05, 4.69) is 13.0 Å². The summed E-state index contributed by atoms with van der Waals surface area (Å²) in [5, 5.41) is 15.8. The van der Waals surface area contributed by atoms with Gasteiger partial charge in [-0.25, -0.2) is 0 Å². The van der Waals surface area contributed by atoms with Crippen LogP contribution in [0.15, 0.2) is 0 Å². The van der Waals surface area contributed by atoms with Crippen molar-refractivity contribution in [1.29, 1.82) is 10.5 Å². The molecule has 11 heavy (non-hydrogen) atoms. The minimum atomic E-state index is 0.190. The van der Waals surface area contributed by atoms with Gasteiger partial charge in [0.05, 0.1) is 12.1 Å². The van der Waals surface area contributed by atoms with Gasteiger partial charge >= 0.3 is 0 Å². The van der Waals surface area contributed by atoms with E-state index in [0.29, 0.717) is 0 Å². The Kier molecular flexibility index (Phi) is 13.5. The predicted molar refractivity (Wildman–Crippen MR) is 45.6 cm³/mol. The normalized spacial score (nSPS) is 7.45. The van der Waals surface area contributed by atoms with Crippen LogP contribution in [0.2, 0.25) is 0 Å². The highest BCUT2D eigenvalue weighted by molar-refractivity contribution is 4.72. The summed E-state index contributed by atoms with van der Waals surface area (Å²) in [6.07, 6.45) is 2.90. The van der Waals surface area contributed by atoms with Gasteiger partial charge in [0.15, 0.2) is 0 Å². The standard InChI is InChI=1S/C5H9N.C4H7N/c1-2-3-4-5-6;1-4(2)3-5/h2-4H2,1H3;4H,1-2H3. The third-order valence-corrected chi connectivity index (χ3v) is 0.900. The molecule has 2 heteroatoms.